The number of thioether (sulfide) groups is 1. The Morgan fingerprint density at radius 2 is 1.12 bits per heavy atom. The Kier molecular flexibility index (Phi) is 7.59. The standard InChI is InChI=1S/C6H14S.N/c1-5(2)7-6(3)4;/h5-6H,1-4H3;. The summed E-state index contributed by atoms with van der Waals surface area (Å²) >= 11 is 2.01. The number of hydrogen-bond donors (Lipinski definition) is 0. The smallest absolute Gasteiger partial charge is 0 e. The zero-order chi connectivity index (χ0) is 5.86. The first kappa shape index (κ1) is 11.2. The zero-order valence-corrected chi connectivity index (χ0v) is 6.83. The lowest BCUT2D eigenvalue weighted by Crippen LogP contribution is -1.94. The lowest BCUT2D eigenvalue weighted by Gasteiger charge is -2.05. The van der Waals surface area contributed by atoms with Crippen molar-refractivity contribution in [2.24, 2.45) is 0 Å². The molecule has 0 spiro atoms. The Balaban J connectivity index is 0. The Labute approximate surface area is 56.8 Å². The van der Waals surface area contributed by atoms with Gasteiger partial charge >= 0.3 is 0 Å². The molecule has 0 N–H and O–H groups in total. The van der Waals surface area contributed by atoms with Crippen LogP contribution in [-0.2, 0) is 0 Å². The fourth-order valence-corrected chi connectivity index (χ4v) is 1.63. The maximum Gasteiger partial charge on any atom is 0 e. The fraction of sp³-hybridized carbons (Fsp3) is 1.00. The van der Waals surface area contributed by atoms with E-state index in [4.69, 9.17) is 0 Å². The topological polar surface area (TPSA) is 30.5 Å². The summed E-state index contributed by atoms with van der Waals surface area (Å²) in [7, 11) is 0. The second kappa shape index (κ2) is 5.45. The third-order valence-corrected chi connectivity index (χ3v) is 1.63. The van der Waals surface area contributed by atoms with Gasteiger partial charge in [0.25, 0.3) is 0 Å². The summed E-state index contributed by atoms with van der Waals surface area (Å²) in [5.74, 6) is 0. The average molecular weight is 132 g/mol. The number of rotatable bonds is 2. The van der Waals surface area contributed by atoms with Crippen LogP contribution < -0.4 is 6.15 Å². The SMILES string of the molecule is CC(C)SC(C)C.[N]. The normalized spacial score (nSPS) is 9.75. The molecule has 0 unspecified atom stereocenters. The Bertz CT molecular complexity index is 37.8. The van der Waals surface area contributed by atoms with Gasteiger partial charge in [0.15, 0.2) is 0 Å². The van der Waals surface area contributed by atoms with Gasteiger partial charge in [-0.05, 0) is 10.5 Å². The van der Waals surface area contributed by atoms with Crippen molar-refractivity contribution in [3.8, 4) is 0 Å². The first-order valence-electron chi connectivity index (χ1n) is 2.78. The van der Waals surface area contributed by atoms with Crippen molar-refractivity contribution in [2.75, 3.05) is 0 Å². The van der Waals surface area contributed by atoms with Crippen molar-refractivity contribution in [3.05, 3.63) is 0 Å². The van der Waals surface area contributed by atoms with Crippen LogP contribution in [0.1, 0.15) is 27.7 Å². The minimum absolute atomic E-state index is 0. The highest BCUT2D eigenvalue weighted by Gasteiger charge is 1.95. The van der Waals surface area contributed by atoms with Gasteiger partial charge in [-0.3, -0.25) is 0 Å². The van der Waals surface area contributed by atoms with E-state index >= 15 is 0 Å². The summed E-state index contributed by atoms with van der Waals surface area (Å²) in [4.78, 5) is 0. The molecule has 0 fully saturated rings. The van der Waals surface area contributed by atoms with Crippen molar-refractivity contribution in [1.29, 1.82) is 0 Å². The van der Waals surface area contributed by atoms with Gasteiger partial charge in [-0.25, -0.2) is 0 Å². The van der Waals surface area contributed by atoms with Gasteiger partial charge in [0.1, 0.15) is 0 Å². The predicted octanol–water partition coefficient (Wildman–Crippen LogP) is 2.06. The van der Waals surface area contributed by atoms with Gasteiger partial charge in [0.2, 0.25) is 0 Å². The summed E-state index contributed by atoms with van der Waals surface area (Å²) in [6, 6.07) is 0. The molecule has 0 aromatic carbocycles. The Hall–Kier alpha value is 0.310. The molecule has 0 amide bonds. The third-order valence-electron chi connectivity index (χ3n) is 0.544. The molecule has 1 nitrogen and oxygen atoms in total. The van der Waals surface area contributed by atoms with E-state index in [9.17, 15) is 0 Å². The highest BCUT2D eigenvalue weighted by Crippen LogP contribution is 2.14. The molecule has 0 aromatic heterocycles. The maximum atomic E-state index is 2.23. The highest BCUT2D eigenvalue weighted by molar-refractivity contribution is 8.00. The molecule has 3 radical (unpaired) electrons. The summed E-state index contributed by atoms with van der Waals surface area (Å²) < 4.78 is 0. The van der Waals surface area contributed by atoms with Crippen LogP contribution in [0.15, 0.2) is 0 Å². The van der Waals surface area contributed by atoms with Crippen molar-refractivity contribution in [2.45, 2.75) is 38.2 Å². The van der Waals surface area contributed by atoms with Crippen molar-refractivity contribution in [3.63, 3.8) is 0 Å². The minimum Gasteiger partial charge on any atom is -0.156 e. The predicted molar refractivity (Wildman–Crippen MR) is 40.0 cm³/mol. The second-order valence-electron chi connectivity index (χ2n) is 2.23. The minimum atomic E-state index is 0. The molecule has 2 heteroatoms. The van der Waals surface area contributed by atoms with Crippen LogP contribution in [-0.4, -0.2) is 10.5 Å². The average Bonchev–Trinajstić information content (AvgIpc) is 1.27. The van der Waals surface area contributed by atoms with Crippen LogP contribution in [0.3, 0.4) is 0 Å². The fourth-order valence-electron chi connectivity index (χ4n) is 0.544. The zero-order valence-electron chi connectivity index (χ0n) is 6.01. The van der Waals surface area contributed by atoms with Gasteiger partial charge in [-0.2, -0.15) is 11.8 Å². The molecule has 0 bridgehead atoms. The molecule has 0 aliphatic carbocycles. The van der Waals surface area contributed by atoms with E-state index in [1.165, 1.54) is 0 Å². The van der Waals surface area contributed by atoms with E-state index in [0.29, 0.717) is 0 Å². The summed E-state index contributed by atoms with van der Waals surface area (Å²) in [5, 5.41) is 1.58. The van der Waals surface area contributed by atoms with E-state index in [0.717, 1.165) is 10.5 Å². The molecule has 0 aromatic rings. The van der Waals surface area contributed by atoms with Crippen LogP contribution in [0.25, 0.3) is 0 Å². The van der Waals surface area contributed by atoms with Crippen LogP contribution >= 0.6 is 11.8 Å². The first-order chi connectivity index (χ1) is 3.13. The van der Waals surface area contributed by atoms with Crippen molar-refractivity contribution in [1.82, 2.24) is 6.15 Å². The van der Waals surface area contributed by atoms with Crippen LogP contribution in [0.4, 0.5) is 0 Å². The number of hydrogen-bond acceptors (Lipinski definition) is 1. The maximum absolute atomic E-state index is 2.23. The van der Waals surface area contributed by atoms with E-state index in [1.54, 1.807) is 0 Å². The van der Waals surface area contributed by atoms with Crippen molar-refractivity contribution >= 4 is 11.8 Å². The van der Waals surface area contributed by atoms with E-state index < -0.39 is 0 Å². The molecule has 49 valence electrons. The highest BCUT2D eigenvalue weighted by atomic mass is 32.2. The molecule has 0 aliphatic rings. The van der Waals surface area contributed by atoms with Crippen LogP contribution in [0.5, 0.6) is 0 Å². The lowest BCUT2D eigenvalue weighted by atomic mass is 10.6. The molecule has 0 rings (SSSR count). The Morgan fingerprint density at radius 3 is 1.12 bits per heavy atom. The quantitative estimate of drug-likeness (QED) is 0.565. The largest absolute Gasteiger partial charge is 0.156 e. The third kappa shape index (κ3) is 9.58. The van der Waals surface area contributed by atoms with Crippen molar-refractivity contribution < 1.29 is 0 Å². The van der Waals surface area contributed by atoms with E-state index in [-0.39, 0.29) is 6.15 Å². The van der Waals surface area contributed by atoms with Crippen LogP contribution in [0.2, 0.25) is 0 Å². The Morgan fingerprint density at radius 1 is 0.875 bits per heavy atom. The molecule has 0 heterocycles. The van der Waals surface area contributed by atoms with Gasteiger partial charge < -0.3 is 0 Å². The first-order valence-corrected chi connectivity index (χ1v) is 3.72. The van der Waals surface area contributed by atoms with Gasteiger partial charge in [0.05, 0.1) is 0 Å². The molecular formula is C6H14NS. The van der Waals surface area contributed by atoms with Gasteiger partial charge in [-0.15, -0.1) is 0 Å². The molecule has 0 aliphatic heterocycles. The van der Waals surface area contributed by atoms with Gasteiger partial charge in [-0.1, -0.05) is 27.7 Å². The lowest BCUT2D eigenvalue weighted by molar-refractivity contribution is 1.05. The number of nitrogens with zero attached hydrogens (tertiary/aromatic N) is 1. The van der Waals surface area contributed by atoms with E-state index in [1.807, 2.05) is 11.8 Å². The summed E-state index contributed by atoms with van der Waals surface area (Å²) in [6.45, 7) is 8.91. The summed E-state index contributed by atoms with van der Waals surface area (Å²) in [6.07, 6.45) is 0. The molecule has 8 heavy (non-hydrogen) atoms. The molecular weight excluding hydrogens is 118 g/mol. The molecule has 0 saturated heterocycles. The molecule has 0 atom stereocenters. The van der Waals surface area contributed by atoms with Crippen LogP contribution in [0, 0.1) is 0 Å². The van der Waals surface area contributed by atoms with Gasteiger partial charge in [0, 0.05) is 6.15 Å². The summed E-state index contributed by atoms with van der Waals surface area (Å²) in [5.41, 5.74) is 0. The monoisotopic (exact) mass is 132 g/mol. The van der Waals surface area contributed by atoms with E-state index in [2.05, 4.69) is 27.7 Å². The molecule has 0 saturated carbocycles. The second-order valence-corrected chi connectivity index (χ2v) is 4.39.